The van der Waals surface area contributed by atoms with Crippen molar-refractivity contribution in [3.05, 3.63) is 66.2 Å². The third-order valence-corrected chi connectivity index (χ3v) is 4.11. The van der Waals surface area contributed by atoms with E-state index in [-0.39, 0.29) is 24.4 Å². The van der Waals surface area contributed by atoms with Gasteiger partial charge in [-0.2, -0.15) is 0 Å². The molecule has 1 unspecified atom stereocenters. The smallest absolute Gasteiger partial charge is 0.234 e. The van der Waals surface area contributed by atoms with Gasteiger partial charge < -0.3 is 15.4 Å². The molecule has 0 bridgehead atoms. The summed E-state index contributed by atoms with van der Waals surface area (Å²) in [4.78, 5) is 12.2. The van der Waals surface area contributed by atoms with E-state index in [1.807, 2.05) is 60.7 Å². The first-order chi connectivity index (χ1) is 11.8. The van der Waals surface area contributed by atoms with Crippen molar-refractivity contribution in [3.63, 3.8) is 0 Å². The number of benzene rings is 2. The van der Waals surface area contributed by atoms with Crippen LogP contribution in [-0.2, 0) is 4.79 Å². The Bertz CT molecular complexity index is 633. The minimum Gasteiger partial charge on any atom is -0.491 e. The van der Waals surface area contributed by atoms with Gasteiger partial charge >= 0.3 is 0 Å². The fourth-order valence-corrected chi connectivity index (χ4v) is 2.56. The normalized spacial score (nSPS) is 14.2. The van der Waals surface area contributed by atoms with E-state index in [1.54, 1.807) is 0 Å². The van der Waals surface area contributed by atoms with Crippen molar-refractivity contribution in [1.29, 1.82) is 0 Å². The number of carbonyl (C=O) groups excluding carboxylic acids is 1. The molecule has 0 heterocycles. The Morgan fingerprint density at radius 1 is 1.04 bits per heavy atom. The van der Waals surface area contributed by atoms with Crippen LogP contribution in [0.3, 0.4) is 0 Å². The first-order valence-corrected chi connectivity index (χ1v) is 8.54. The molecular weight excluding hydrogens is 336 g/mol. The summed E-state index contributed by atoms with van der Waals surface area (Å²) in [7, 11) is 0. The zero-order chi connectivity index (χ0) is 16.6. The van der Waals surface area contributed by atoms with Gasteiger partial charge in [0.1, 0.15) is 12.4 Å². The lowest BCUT2D eigenvalue weighted by Gasteiger charge is -2.20. The lowest BCUT2D eigenvalue weighted by Crippen LogP contribution is -2.39. The lowest BCUT2D eigenvalue weighted by atomic mass is 10.1. The molecule has 4 nitrogen and oxygen atoms in total. The number of carbonyl (C=O) groups is 1. The first kappa shape index (κ1) is 19.3. The second-order valence-corrected chi connectivity index (χ2v) is 6.23. The van der Waals surface area contributed by atoms with E-state index in [0.717, 1.165) is 23.8 Å². The molecule has 2 aromatic carbocycles. The molecule has 25 heavy (non-hydrogen) atoms. The van der Waals surface area contributed by atoms with Crippen LogP contribution in [0.25, 0.3) is 0 Å². The molecule has 1 amide bonds. The summed E-state index contributed by atoms with van der Waals surface area (Å²) in [5, 5.41) is 6.30. The Balaban J connectivity index is 0.00000225. The molecule has 1 aliphatic carbocycles. The molecule has 2 aromatic rings. The molecule has 5 heteroatoms. The average molecular weight is 361 g/mol. The fraction of sp³-hybridized carbons (Fsp3) is 0.350. The molecule has 3 rings (SSSR count). The molecule has 1 fully saturated rings. The SMILES string of the molecule is Cl.O=C(CNCC1CC1)NC(COc1ccccc1)c1ccccc1. The summed E-state index contributed by atoms with van der Waals surface area (Å²) >= 11 is 0. The largest absolute Gasteiger partial charge is 0.491 e. The van der Waals surface area contributed by atoms with Crippen molar-refractivity contribution < 1.29 is 9.53 Å². The van der Waals surface area contributed by atoms with Gasteiger partial charge in [0.25, 0.3) is 0 Å². The number of nitrogens with one attached hydrogen (secondary N) is 2. The van der Waals surface area contributed by atoms with Gasteiger partial charge in [-0.1, -0.05) is 48.5 Å². The van der Waals surface area contributed by atoms with Crippen LogP contribution in [-0.4, -0.2) is 25.6 Å². The van der Waals surface area contributed by atoms with E-state index in [4.69, 9.17) is 4.74 Å². The number of amides is 1. The molecule has 0 spiro atoms. The highest BCUT2D eigenvalue weighted by Crippen LogP contribution is 2.27. The summed E-state index contributed by atoms with van der Waals surface area (Å²) in [6.07, 6.45) is 2.57. The Morgan fingerprint density at radius 2 is 1.68 bits per heavy atom. The van der Waals surface area contributed by atoms with Gasteiger partial charge in [0.05, 0.1) is 12.6 Å². The third kappa shape index (κ3) is 6.77. The van der Waals surface area contributed by atoms with Crippen molar-refractivity contribution in [2.75, 3.05) is 19.7 Å². The molecule has 0 aromatic heterocycles. The Hall–Kier alpha value is -2.04. The van der Waals surface area contributed by atoms with Crippen molar-refractivity contribution >= 4 is 18.3 Å². The maximum absolute atomic E-state index is 12.2. The molecule has 134 valence electrons. The van der Waals surface area contributed by atoms with Crippen LogP contribution in [0.15, 0.2) is 60.7 Å². The molecule has 0 radical (unpaired) electrons. The van der Waals surface area contributed by atoms with E-state index >= 15 is 0 Å². The zero-order valence-corrected chi connectivity index (χ0v) is 15.0. The molecule has 1 aliphatic rings. The van der Waals surface area contributed by atoms with Crippen LogP contribution in [0, 0.1) is 5.92 Å². The third-order valence-electron chi connectivity index (χ3n) is 4.11. The molecule has 0 saturated heterocycles. The minimum absolute atomic E-state index is 0. The number of hydrogen-bond donors (Lipinski definition) is 2. The highest BCUT2D eigenvalue weighted by molar-refractivity contribution is 5.85. The monoisotopic (exact) mass is 360 g/mol. The van der Waals surface area contributed by atoms with Crippen LogP contribution >= 0.6 is 12.4 Å². The average Bonchev–Trinajstić information content (AvgIpc) is 3.44. The van der Waals surface area contributed by atoms with E-state index in [1.165, 1.54) is 12.8 Å². The summed E-state index contributed by atoms with van der Waals surface area (Å²) in [5.41, 5.74) is 1.05. The predicted molar refractivity (Wildman–Crippen MR) is 102 cm³/mol. The number of rotatable bonds is 9. The predicted octanol–water partition coefficient (Wildman–Crippen LogP) is 3.34. The van der Waals surface area contributed by atoms with Crippen molar-refractivity contribution in [2.45, 2.75) is 18.9 Å². The molecule has 1 atom stereocenters. The van der Waals surface area contributed by atoms with Crippen LogP contribution in [0.5, 0.6) is 5.75 Å². The number of hydrogen-bond acceptors (Lipinski definition) is 3. The quantitative estimate of drug-likeness (QED) is 0.721. The van der Waals surface area contributed by atoms with Crippen molar-refractivity contribution in [2.24, 2.45) is 5.92 Å². The van der Waals surface area contributed by atoms with Crippen molar-refractivity contribution in [3.8, 4) is 5.75 Å². The highest BCUT2D eigenvalue weighted by Gasteiger charge is 2.21. The first-order valence-electron chi connectivity index (χ1n) is 8.54. The van der Waals surface area contributed by atoms with Gasteiger partial charge in [0.2, 0.25) is 5.91 Å². The maximum Gasteiger partial charge on any atom is 0.234 e. The molecule has 0 aliphatic heterocycles. The molecule has 2 N–H and O–H groups in total. The maximum atomic E-state index is 12.2. The second-order valence-electron chi connectivity index (χ2n) is 6.23. The summed E-state index contributed by atoms with van der Waals surface area (Å²) in [5.74, 6) is 1.57. The highest BCUT2D eigenvalue weighted by atomic mass is 35.5. The standard InChI is InChI=1S/C20H24N2O2.ClH/c23-20(14-21-13-16-11-12-16)22-19(17-7-3-1-4-8-17)15-24-18-9-5-2-6-10-18;/h1-10,16,19,21H,11-15H2,(H,22,23);1H. The van der Waals surface area contributed by atoms with Gasteiger partial charge in [-0.05, 0) is 43.0 Å². The lowest BCUT2D eigenvalue weighted by molar-refractivity contribution is -0.121. The van der Waals surface area contributed by atoms with E-state index < -0.39 is 0 Å². The molecule has 1 saturated carbocycles. The van der Waals surface area contributed by atoms with Crippen LogP contribution in [0.4, 0.5) is 0 Å². The van der Waals surface area contributed by atoms with Gasteiger partial charge in [-0.25, -0.2) is 0 Å². The van der Waals surface area contributed by atoms with Crippen LogP contribution in [0.2, 0.25) is 0 Å². The zero-order valence-electron chi connectivity index (χ0n) is 14.2. The van der Waals surface area contributed by atoms with Gasteiger partial charge in [0.15, 0.2) is 0 Å². The summed E-state index contributed by atoms with van der Waals surface area (Å²) in [6.45, 7) is 1.69. The van der Waals surface area contributed by atoms with Crippen LogP contribution < -0.4 is 15.4 Å². The number of ether oxygens (including phenoxy) is 1. The Morgan fingerprint density at radius 3 is 2.32 bits per heavy atom. The Kier molecular flexibility index (Phi) is 7.76. The van der Waals surface area contributed by atoms with E-state index in [2.05, 4.69) is 10.6 Å². The van der Waals surface area contributed by atoms with E-state index in [9.17, 15) is 4.79 Å². The van der Waals surface area contributed by atoms with Gasteiger partial charge in [0, 0.05) is 0 Å². The molecular formula is C20H25ClN2O2. The summed E-state index contributed by atoms with van der Waals surface area (Å²) < 4.78 is 5.84. The Labute approximate surface area is 155 Å². The summed E-state index contributed by atoms with van der Waals surface area (Å²) in [6, 6.07) is 19.4. The van der Waals surface area contributed by atoms with Gasteiger partial charge in [-0.15, -0.1) is 12.4 Å². The second kappa shape index (κ2) is 10.1. The number of para-hydroxylation sites is 1. The topological polar surface area (TPSA) is 50.4 Å². The van der Waals surface area contributed by atoms with E-state index in [0.29, 0.717) is 13.2 Å². The van der Waals surface area contributed by atoms with Gasteiger partial charge in [-0.3, -0.25) is 4.79 Å². The fourth-order valence-electron chi connectivity index (χ4n) is 2.56. The van der Waals surface area contributed by atoms with Crippen LogP contribution in [0.1, 0.15) is 24.4 Å². The van der Waals surface area contributed by atoms with Crippen molar-refractivity contribution in [1.82, 2.24) is 10.6 Å². The number of halogens is 1. The minimum atomic E-state index is -0.165.